The Morgan fingerprint density at radius 1 is 1.58 bits per heavy atom. The van der Waals surface area contributed by atoms with Crippen molar-refractivity contribution in [2.75, 3.05) is 19.6 Å². The summed E-state index contributed by atoms with van der Waals surface area (Å²) in [5.41, 5.74) is 0.435. The summed E-state index contributed by atoms with van der Waals surface area (Å²) in [5.74, 6) is -0.429. The van der Waals surface area contributed by atoms with Crippen LogP contribution in [0.1, 0.15) is 18.9 Å². The van der Waals surface area contributed by atoms with Crippen molar-refractivity contribution < 1.29 is 9.31 Å². The van der Waals surface area contributed by atoms with Gasteiger partial charge in [0.2, 0.25) is 0 Å². The Labute approximate surface area is 111 Å². The van der Waals surface area contributed by atoms with Gasteiger partial charge >= 0.3 is 0 Å². The van der Waals surface area contributed by atoms with Gasteiger partial charge in [-0.1, -0.05) is 6.92 Å². The maximum absolute atomic E-state index is 13.3. The van der Waals surface area contributed by atoms with Crippen LogP contribution in [0.25, 0.3) is 0 Å². The Morgan fingerprint density at radius 2 is 2.37 bits per heavy atom. The van der Waals surface area contributed by atoms with Gasteiger partial charge in [0, 0.05) is 30.8 Å². The van der Waals surface area contributed by atoms with E-state index in [0.29, 0.717) is 18.2 Å². The second-order valence-corrected chi connectivity index (χ2v) is 4.74. The van der Waals surface area contributed by atoms with Gasteiger partial charge in [0.25, 0.3) is 5.69 Å². The summed E-state index contributed by atoms with van der Waals surface area (Å²) in [6.07, 6.45) is 1.02. The first kappa shape index (κ1) is 13.9. The molecule has 0 amide bonds. The molecule has 2 rings (SSSR count). The maximum Gasteiger partial charge on any atom is 0.274 e. The number of halogens is 1. The molecule has 0 aliphatic carbocycles. The van der Waals surface area contributed by atoms with Crippen molar-refractivity contribution in [3.05, 3.63) is 39.7 Å². The zero-order valence-corrected chi connectivity index (χ0v) is 10.9. The van der Waals surface area contributed by atoms with Crippen LogP contribution in [0.5, 0.6) is 0 Å². The molecule has 1 aromatic rings. The van der Waals surface area contributed by atoms with Crippen molar-refractivity contribution in [3.63, 3.8) is 0 Å². The number of nitro benzene ring substituents is 1. The molecule has 1 aliphatic heterocycles. The lowest BCUT2D eigenvalue weighted by atomic mass is 10.1. The second kappa shape index (κ2) is 6.08. The minimum absolute atomic E-state index is 0.00851. The zero-order valence-electron chi connectivity index (χ0n) is 10.9. The third-order valence-electron chi connectivity index (χ3n) is 3.57. The molecule has 1 aliphatic rings. The van der Waals surface area contributed by atoms with E-state index in [-0.39, 0.29) is 5.69 Å². The van der Waals surface area contributed by atoms with Crippen LogP contribution in [-0.4, -0.2) is 35.5 Å². The van der Waals surface area contributed by atoms with Crippen molar-refractivity contribution in [2.24, 2.45) is 0 Å². The zero-order chi connectivity index (χ0) is 13.8. The molecule has 1 aromatic carbocycles. The van der Waals surface area contributed by atoms with E-state index in [1.807, 2.05) is 6.92 Å². The minimum atomic E-state index is -0.449. The fraction of sp³-hybridized carbons (Fsp3) is 0.538. The molecule has 1 unspecified atom stereocenters. The summed E-state index contributed by atoms with van der Waals surface area (Å²) in [7, 11) is 0. The van der Waals surface area contributed by atoms with E-state index in [9.17, 15) is 14.5 Å². The van der Waals surface area contributed by atoms with Gasteiger partial charge in [-0.25, -0.2) is 4.39 Å². The fourth-order valence-corrected chi connectivity index (χ4v) is 2.53. The topological polar surface area (TPSA) is 58.4 Å². The van der Waals surface area contributed by atoms with E-state index >= 15 is 0 Å². The van der Waals surface area contributed by atoms with E-state index in [4.69, 9.17) is 0 Å². The van der Waals surface area contributed by atoms with E-state index in [2.05, 4.69) is 10.2 Å². The third kappa shape index (κ3) is 3.27. The Morgan fingerprint density at radius 3 is 2.95 bits per heavy atom. The molecule has 0 bridgehead atoms. The third-order valence-corrected chi connectivity index (χ3v) is 3.57. The molecule has 0 radical (unpaired) electrons. The van der Waals surface area contributed by atoms with E-state index < -0.39 is 10.7 Å². The Bertz CT molecular complexity index is 461. The Hall–Kier alpha value is -1.53. The van der Waals surface area contributed by atoms with Gasteiger partial charge < -0.3 is 5.32 Å². The van der Waals surface area contributed by atoms with Crippen LogP contribution in [0.15, 0.2) is 18.2 Å². The number of nitrogens with zero attached hydrogens (tertiary/aromatic N) is 2. The highest BCUT2D eigenvalue weighted by atomic mass is 19.1. The summed E-state index contributed by atoms with van der Waals surface area (Å²) in [4.78, 5) is 12.7. The summed E-state index contributed by atoms with van der Waals surface area (Å²) >= 11 is 0. The molecule has 1 heterocycles. The number of likely N-dealkylation sites (N-methyl/N-ethyl adjacent to an activating group) is 1. The molecule has 0 aromatic heterocycles. The smallest absolute Gasteiger partial charge is 0.274 e. The molecule has 104 valence electrons. The van der Waals surface area contributed by atoms with Crippen molar-refractivity contribution in [2.45, 2.75) is 25.9 Å². The van der Waals surface area contributed by atoms with Crippen LogP contribution in [0.4, 0.5) is 10.1 Å². The molecule has 5 nitrogen and oxygen atoms in total. The van der Waals surface area contributed by atoms with Gasteiger partial charge in [-0.2, -0.15) is 0 Å². The summed E-state index contributed by atoms with van der Waals surface area (Å²) in [6.45, 7) is 5.07. The molecular formula is C13H18FN3O2. The first-order valence-corrected chi connectivity index (χ1v) is 6.49. The van der Waals surface area contributed by atoms with Crippen LogP contribution in [0.3, 0.4) is 0 Å². The largest absolute Gasteiger partial charge is 0.315 e. The predicted octanol–water partition coefficient (Wildman–Crippen LogP) is 1.92. The summed E-state index contributed by atoms with van der Waals surface area (Å²) in [6, 6.07) is 4.01. The highest BCUT2D eigenvalue weighted by Gasteiger charge is 2.24. The first-order valence-electron chi connectivity index (χ1n) is 6.49. The van der Waals surface area contributed by atoms with E-state index in [1.54, 1.807) is 0 Å². The minimum Gasteiger partial charge on any atom is -0.315 e. The van der Waals surface area contributed by atoms with Crippen LogP contribution in [0.2, 0.25) is 0 Å². The highest BCUT2D eigenvalue weighted by molar-refractivity contribution is 5.40. The number of nitrogens with one attached hydrogen (secondary N) is 1. The van der Waals surface area contributed by atoms with Crippen molar-refractivity contribution in [1.82, 2.24) is 10.2 Å². The number of hydrogen-bond donors (Lipinski definition) is 1. The van der Waals surface area contributed by atoms with Gasteiger partial charge in [-0.05, 0) is 31.6 Å². The number of hydrogen-bond acceptors (Lipinski definition) is 4. The van der Waals surface area contributed by atoms with Gasteiger partial charge in [-0.15, -0.1) is 0 Å². The standard InChI is InChI=1S/C13H18FN3O2/c1-2-16(12-5-6-15-8-12)9-10-7-11(14)3-4-13(10)17(18)19/h3-4,7,12,15H,2,5-6,8-9H2,1H3. The second-order valence-electron chi connectivity index (χ2n) is 4.74. The molecule has 0 saturated carbocycles. The number of benzene rings is 1. The Kier molecular flexibility index (Phi) is 4.44. The SMILES string of the molecule is CCN(Cc1cc(F)ccc1[N+](=O)[O-])C1CCNC1. The van der Waals surface area contributed by atoms with Crippen molar-refractivity contribution in [3.8, 4) is 0 Å². The lowest BCUT2D eigenvalue weighted by Gasteiger charge is -2.26. The van der Waals surface area contributed by atoms with E-state index in [0.717, 1.165) is 32.1 Å². The van der Waals surface area contributed by atoms with Gasteiger partial charge in [0.05, 0.1) is 4.92 Å². The molecule has 19 heavy (non-hydrogen) atoms. The molecule has 0 spiro atoms. The Balaban J connectivity index is 2.20. The monoisotopic (exact) mass is 267 g/mol. The van der Waals surface area contributed by atoms with Crippen LogP contribution in [-0.2, 0) is 6.54 Å². The molecule has 1 saturated heterocycles. The highest BCUT2D eigenvalue weighted by Crippen LogP contribution is 2.23. The average molecular weight is 267 g/mol. The van der Waals surface area contributed by atoms with Crippen molar-refractivity contribution >= 4 is 5.69 Å². The van der Waals surface area contributed by atoms with Gasteiger partial charge in [-0.3, -0.25) is 15.0 Å². The number of nitro groups is 1. The molecule has 1 atom stereocenters. The summed E-state index contributed by atoms with van der Waals surface area (Å²) < 4.78 is 13.3. The molecule has 6 heteroatoms. The molecule has 1 N–H and O–H groups in total. The fourth-order valence-electron chi connectivity index (χ4n) is 2.53. The maximum atomic E-state index is 13.3. The van der Waals surface area contributed by atoms with Crippen LogP contribution < -0.4 is 5.32 Å². The van der Waals surface area contributed by atoms with Crippen LogP contribution in [0, 0.1) is 15.9 Å². The predicted molar refractivity (Wildman–Crippen MR) is 70.4 cm³/mol. The van der Waals surface area contributed by atoms with Crippen molar-refractivity contribution in [1.29, 1.82) is 0 Å². The lowest BCUT2D eigenvalue weighted by molar-refractivity contribution is -0.385. The van der Waals surface area contributed by atoms with Gasteiger partial charge in [0.15, 0.2) is 0 Å². The van der Waals surface area contributed by atoms with Crippen LogP contribution >= 0.6 is 0 Å². The molecular weight excluding hydrogens is 249 g/mol. The first-order chi connectivity index (χ1) is 9.11. The van der Waals surface area contributed by atoms with Gasteiger partial charge in [0.1, 0.15) is 5.82 Å². The normalized spacial score (nSPS) is 19.0. The molecule has 1 fully saturated rings. The van der Waals surface area contributed by atoms with E-state index in [1.165, 1.54) is 12.1 Å². The average Bonchev–Trinajstić information content (AvgIpc) is 2.89. The quantitative estimate of drug-likeness (QED) is 0.654. The lowest BCUT2D eigenvalue weighted by Crippen LogP contribution is -2.36. The number of rotatable bonds is 5. The summed E-state index contributed by atoms with van der Waals surface area (Å²) in [5, 5.41) is 14.2.